The van der Waals surface area contributed by atoms with Gasteiger partial charge in [-0.2, -0.15) is 9.83 Å². The van der Waals surface area contributed by atoms with E-state index in [1.165, 1.54) is 12.4 Å². The van der Waals surface area contributed by atoms with Gasteiger partial charge in [-0.15, -0.1) is 0 Å². The molecule has 5 heteroatoms. The third kappa shape index (κ3) is 0.848. The van der Waals surface area contributed by atoms with Gasteiger partial charge in [0.15, 0.2) is 11.7 Å². The van der Waals surface area contributed by atoms with Crippen molar-refractivity contribution in [3.63, 3.8) is 0 Å². The van der Waals surface area contributed by atoms with E-state index < -0.39 is 0 Å². The molecule has 0 amide bonds. The molecule has 0 aliphatic rings. The Kier molecular flexibility index (Phi) is 1.44. The summed E-state index contributed by atoms with van der Waals surface area (Å²) in [5.74, 6) is 0. The Bertz CT molecular complexity index is 437. The van der Waals surface area contributed by atoms with Crippen LogP contribution in [0.2, 0.25) is 5.02 Å². The molecule has 0 atom stereocenters. The normalized spacial score (nSPS) is 10.8. The van der Waals surface area contributed by atoms with E-state index in [1.807, 2.05) is 0 Å². The summed E-state index contributed by atoms with van der Waals surface area (Å²) in [6.07, 6.45) is 2.86. The Morgan fingerprint density at radius 2 is 2.42 bits per heavy atom. The average Bonchev–Trinajstić information content (AvgIpc) is 2.42. The smallest absolute Gasteiger partial charge is 0.263 e. The van der Waals surface area contributed by atoms with E-state index in [2.05, 4.69) is 5.10 Å². The van der Waals surface area contributed by atoms with Crippen molar-refractivity contribution in [1.29, 1.82) is 0 Å². The molecule has 0 aliphatic carbocycles. The van der Waals surface area contributed by atoms with Crippen molar-refractivity contribution >= 4 is 22.6 Å². The number of nitrogens with zero attached hydrogens (tertiary/aromatic N) is 3. The lowest BCUT2D eigenvalue weighted by molar-refractivity contribution is -0.577. The first-order valence-electron chi connectivity index (χ1n) is 3.39. The summed E-state index contributed by atoms with van der Waals surface area (Å²) in [5, 5.41) is 15.6. The fourth-order valence-electron chi connectivity index (χ4n) is 1.16. The van der Waals surface area contributed by atoms with Crippen LogP contribution in [0, 0.1) is 5.21 Å². The van der Waals surface area contributed by atoms with Gasteiger partial charge in [-0.3, -0.25) is 4.68 Å². The molecule has 2 aromatic rings. The maximum Gasteiger partial charge on any atom is 0.263 e. The topological polar surface area (TPSA) is 44.8 Å². The summed E-state index contributed by atoms with van der Waals surface area (Å²) in [4.78, 5) is 0. The molecule has 0 aromatic carbocycles. The molecule has 0 spiro atoms. The lowest BCUT2D eigenvalue weighted by Gasteiger charge is -1.98. The molecular weight excluding hydrogens is 178 g/mol. The number of hydrogen-bond acceptors (Lipinski definition) is 2. The molecule has 0 radical (unpaired) electrons. The Balaban J connectivity index is 2.98. The van der Waals surface area contributed by atoms with Crippen LogP contribution in [0.3, 0.4) is 0 Å². The summed E-state index contributed by atoms with van der Waals surface area (Å²) < 4.78 is 2.32. The molecule has 0 unspecified atom stereocenters. The summed E-state index contributed by atoms with van der Waals surface area (Å²) in [6.45, 7) is 0. The van der Waals surface area contributed by atoms with Crippen LogP contribution in [0.25, 0.3) is 11.0 Å². The van der Waals surface area contributed by atoms with Crippen LogP contribution in [-0.4, -0.2) is 9.78 Å². The van der Waals surface area contributed by atoms with Crippen LogP contribution in [0.5, 0.6) is 0 Å². The van der Waals surface area contributed by atoms with Gasteiger partial charge in [0, 0.05) is 13.1 Å². The second-order valence-electron chi connectivity index (χ2n) is 2.49. The molecule has 2 aromatic heterocycles. The Labute approximate surface area is 73.6 Å². The molecule has 0 aliphatic heterocycles. The number of fused-ring (bicyclic) bond motifs is 1. The summed E-state index contributed by atoms with van der Waals surface area (Å²) >= 11 is 5.86. The van der Waals surface area contributed by atoms with E-state index in [9.17, 15) is 5.21 Å². The zero-order valence-electron chi connectivity index (χ0n) is 6.36. The van der Waals surface area contributed by atoms with Gasteiger partial charge < -0.3 is 5.21 Å². The van der Waals surface area contributed by atoms with Crippen LogP contribution in [0.1, 0.15) is 0 Å². The van der Waals surface area contributed by atoms with Gasteiger partial charge in [0.05, 0.1) is 5.02 Å². The largest absolute Gasteiger partial charge is 0.618 e. The molecule has 0 saturated carbocycles. The highest BCUT2D eigenvalue weighted by molar-refractivity contribution is 6.34. The fourth-order valence-corrected chi connectivity index (χ4v) is 1.43. The Morgan fingerprint density at radius 3 is 3.08 bits per heavy atom. The fraction of sp³-hybridized carbons (Fsp3) is 0.143. The molecular formula is C7H6ClN3O. The second kappa shape index (κ2) is 2.35. The minimum Gasteiger partial charge on any atom is -0.618 e. The average molecular weight is 184 g/mol. The van der Waals surface area contributed by atoms with Crippen LogP contribution in [0.15, 0.2) is 18.5 Å². The zero-order valence-corrected chi connectivity index (χ0v) is 7.12. The van der Waals surface area contributed by atoms with Gasteiger partial charge >= 0.3 is 0 Å². The maximum absolute atomic E-state index is 11.1. The number of hydrogen-bond donors (Lipinski definition) is 0. The van der Waals surface area contributed by atoms with Crippen molar-refractivity contribution in [3.05, 3.63) is 28.7 Å². The predicted octanol–water partition coefficient (Wildman–Crippen LogP) is 0.860. The Morgan fingerprint density at radius 1 is 1.67 bits per heavy atom. The molecule has 4 nitrogen and oxygen atoms in total. The van der Waals surface area contributed by atoms with Gasteiger partial charge in [0.25, 0.3) is 5.52 Å². The van der Waals surface area contributed by atoms with Crippen LogP contribution < -0.4 is 4.73 Å². The van der Waals surface area contributed by atoms with Crippen molar-refractivity contribution in [1.82, 2.24) is 9.78 Å². The van der Waals surface area contributed by atoms with Gasteiger partial charge in [-0.1, -0.05) is 11.6 Å². The minimum absolute atomic E-state index is 0.491. The third-order valence-electron chi connectivity index (χ3n) is 1.74. The number of halogens is 1. The number of rotatable bonds is 0. The standard InChI is InChI=1S/C7H6ClN3O/c1-10-7-5(8)2-3-11(12)6(7)4-9-10/h2-4H,1H3. The highest BCUT2D eigenvalue weighted by Gasteiger charge is 2.11. The van der Waals surface area contributed by atoms with Crippen molar-refractivity contribution < 1.29 is 4.73 Å². The highest BCUT2D eigenvalue weighted by Crippen LogP contribution is 2.18. The molecule has 0 saturated heterocycles. The van der Waals surface area contributed by atoms with Gasteiger partial charge in [0.1, 0.15) is 6.20 Å². The number of aryl methyl sites for hydroxylation is 1. The first-order chi connectivity index (χ1) is 5.70. The second-order valence-corrected chi connectivity index (χ2v) is 2.90. The first-order valence-corrected chi connectivity index (χ1v) is 3.77. The molecule has 0 bridgehead atoms. The van der Waals surface area contributed by atoms with Gasteiger partial charge in [0.2, 0.25) is 0 Å². The van der Waals surface area contributed by atoms with Gasteiger partial charge in [-0.05, 0) is 0 Å². The van der Waals surface area contributed by atoms with E-state index in [-0.39, 0.29) is 0 Å². The quantitative estimate of drug-likeness (QED) is 0.449. The number of pyridine rings is 1. The summed E-state index contributed by atoms with van der Waals surface area (Å²) in [6, 6.07) is 1.55. The third-order valence-corrected chi connectivity index (χ3v) is 2.04. The first kappa shape index (κ1) is 7.36. The maximum atomic E-state index is 11.1. The molecule has 0 N–H and O–H groups in total. The van der Waals surface area contributed by atoms with Crippen molar-refractivity contribution in [2.75, 3.05) is 0 Å². The van der Waals surface area contributed by atoms with E-state index in [1.54, 1.807) is 17.8 Å². The molecule has 12 heavy (non-hydrogen) atoms. The molecule has 2 heterocycles. The lowest BCUT2D eigenvalue weighted by atomic mass is 10.4. The van der Waals surface area contributed by atoms with Crippen LogP contribution >= 0.6 is 11.6 Å². The van der Waals surface area contributed by atoms with Gasteiger partial charge in [-0.25, -0.2) is 0 Å². The van der Waals surface area contributed by atoms with E-state index in [0.29, 0.717) is 16.1 Å². The zero-order chi connectivity index (χ0) is 8.72. The highest BCUT2D eigenvalue weighted by atomic mass is 35.5. The summed E-state index contributed by atoms with van der Waals surface area (Å²) in [7, 11) is 1.74. The van der Waals surface area contributed by atoms with E-state index >= 15 is 0 Å². The van der Waals surface area contributed by atoms with Crippen molar-refractivity contribution in [2.24, 2.45) is 7.05 Å². The monoisotopic (exact) mass is 183 g/mol. The van der Waals surface area contributed by atoms with E-state index in [0.717, 1.165) is 4.73 Å². The van der Waals surface area contributed by atoms with Crippen LogP contribution in [0.4, 0.5) is 0 Å². The predicted molar refractivity (Wildman–Crippen MR) is 44.7 cm³/mol. The van der Waals surface area contributed by atoms with E-state index in [4.69, 9.17) is 11.6 Å². The lowest BCUT2D eigenvalue weighted by Crippen LogP contribution is -2.25. The minimum atomic E-state index is 0.491. The molecule has 2 rings (SSSR count). The molecule has 62 valence electrons. The van der Waals surface area contributed by atoms with Crippen molar-refractivity contribution in [2.45, 2.75) is 0 Å². The van der Waals surface area contributed by atoms with Crippen LogP contribution in [-0.2, 0) is 7.05 Å². The number of aromatic nitrogens is 3. The summed E-state index contributed by atoms with van der Waals surface area (Å²) in [5.41, 5.74) is 1.15. The Hall–Kier alpha value is -1.29. The SMILES string of the molecule is Cn1ncc2c1c(Cl)cc[n+]2[O-]. The molecule has 0 fully saturated rings. The van der Waals surface area contributed by atoms with Crippen molar-refractivity contribution in [3.8, 4) is 0 Å².